The second kappa shape index (κ2) is 7.56. The average molecular weight is 389 g/mol. The number of para-hydroxylation sites is 1. The van der Waals surface area contributed by atoms with Crippen LogP contribution in [0.2, 0.25) is 0 Å². The highest BCUT2D eigenvalue weighted by Crippen LogP contribution is 2.36. The number of anilines is 1. The summed E-state index contributed by atoms with van der Waals surface area (Å²) < 4.78 is 0. The zero-order valence-corrected chi connectivity index (χ0v) is 16.7. The molecule has 2 aromatic carbocycles. The number of piperidine rings is 1. The van der Waals surface area contributed by atoms with E-state index >= 15 is 0 Å². The zero-order valence-electron chi connectivity index (χ0n) is 16.7. The minimum Gasteiger partial charge on any atom is -0.361 e. The number of nitrogens with one attached hydrogen (secondary N) is 2. The van der Waals surface area contributed by atoms with E-state index in [0.29, 0.717) is 6.67 Å². The van der Waals surface area contributed by atoms with E-state index < -0.39 is 0 Å². The number of fused-ring (bicyclic) bond motifs is 1. The summed E-state index contributed by atoms with van der Waals surface area (Å²) in [7, 11) is 0. The number of carbonyl (C=O) groups excluding carboxylic acids is 1. The molecule has 1 spiro atoms. The van der Waals surface area contributed by atoms with Crippen molar-refractivity contribution in [2.45, 2.75) is 31.2 Å². The number of carbonyl (C=O) groups is 1. The van der Waals surface area contributed by atoms with E-state index in [2.05, 4.69) is 56.5 Å². The van der Waals surface area contributed by atoms with E-state index in [1.807, 2.05) is 24.4 Å². The van der Waals surface area contributed by atoms with Crippen LogP contribution in [-0.2, 0) is 11.2 Å². The van der Waals surface area contributed by atoms with Crippen LogP contribution in [0.15, 0.2) is 60.8 Å². The predicted octanol–water partition coefficient (Wildman–Crippen LogP) is 3.53. The molecule has 0 radical (unpaired) electrons. The smallest absolute Gasteiger partial charge is 0.247 e. The molecule has 1 amide bonds. The number of aromatic amines is 1. The summed E-state index contributed by atoms with van der Waals surface area (Å²) in [6.07, 6.45) is 6.03. The average Bonchev–Trinajstić information content (AvgIpc) is 3.35. The SMILES string of the molecule is O=C1NCN(c2ccccc2)C12CCN(CCCc1ccc3[nH]ccc3c1)CC2. The molecule has 0 aliphatic carbocycles. The Hall–Kier alpha value is -2.79. The molecule has 2 aliphatic rings. The number of H-pyrrole nitrogens is 1. The molecule has 5 rings (SSSR count). The number of rotatable bonds is 5. The fraction of sp³-hybridized carbons (Fsp3) is 0.375. The van der Waals surface area contributed by atoms with Gasteiger partial charge in [-0.25, -0.2) is 0 Å². The Morgan fingerprint density at radius 3 is 2.66 bits per heavy atom. The molecule has 2 fully saturated rings. The maximum Gasteiger partial charge on any atom is 0.247 e. The fourth-order valence-electron chi connectivity index (χ4n) is 4.94. The molecular weight excluding hydrogens is 360 g/mol. The lowest BCUT2D eigenvalue weighted by Gasteiger charge is -2.43. The molecular formula is C24H28N4O. The highest BCUT2D eigenvalue weighted by molar-refractivity contribution is 5.93. The first-order chi connectivity index (χ1) is 14.2. The molecule has 2 saturated heterocycles. The Morgan fingerprint density at radius 2 is 1.83 bits per heavy atom. The number of likely N-dealkylation sites (tertiary alicyclic amines) is 1. The van der Waals surface area contributed by atoms with Gasteiger partial charge in [0.2, 0.25) is 5.91 Å². The number of hydrogen-bond donors (Lipinski definition) is 2. The lowest BCUT2D eigenvalue weighted by molar-refractivity contribution is -0.125. The van der Waals surface area contributed by atoms with Crippen molar-refractivity contribution in [1.29, 1.82) is 0 Å². The van der Waals surface area contributed by atoms with E-state index in [0.717, 1.165) is 51.0 Å². The first kappa shape index (κ1) is 18.3. The van der Waals surface area contributed by atoms with Crippen molar-refractivity contribution in [2.24, 2.45) is 0 Å². The monoisotopic (exact) mass is 388 g/mol. The third-order valence-corrected chi connectivity index (χ3v) is 6.65. The zero-order chi connectivity index (χ0) is 19.7. The lowest BCUT2D eigenvalue weighted by atomic mass is 9.85. The molecule has 29 heavy (non-hydrogen) atoms. The van der Waals surface area contributed by atoms with Gasteiger partial charge in [0.15, 0.2) is 0 Å². The van der Waals surface area contributed by atoms with Gasteiger partial charge in [0.1, 0.15) is 5.54 Å². The van der Waals surface area contributed by atoms with Gasteiger partial charge in [0.25, 0.3) is 0 Å². The second-order valence-electron chi connectivity index (χ2n) is 8.30. The minimum atomic E-state index is -0.378. The summed E-state index contributed by atoms with van der Waals surface area (Å²) >= 11 is 0. The Labute approximate surface area is 171 Å². The van der Waals surface area contributed by atoms with E-state index in [-0.39, 0.29) is 11.4 Å². The van der Waals surface area contributed by atoms with Crippen LogP contribution < -0.4 is 10.2 Å². The number of hydrogen-bond acceptors (Lipinski definition) is 3. The van der Waals surface area contributed by atoms with Crippen LogP contribution in [0.3, 0.4) is 0 Å². The quantitative estimate of drug-likeness (QED) is 0.703. The molecule has 0 unspecified atom stereocenters. The maximum absolute atomic E-state index is 12.8. The number of aromatic nitrogens is 1. The van der Waals surface area contributed by atoms with Crippen LogP contribution in [0.5, 0.6) is 0 Å². The van der Waals surface area contributed by atoms with Gasteiger partial charge in [-0.15, -0.1) is 0 Å². The van der Waals surface area contributed by atoms with Gasteiger partial charge in [-0.1, -0.05) is 24.3 Å². The number of nitrogens with zero attached hydrogens (tertiary/aromatic N) is 2. The van der Waals surface area contributed by atoms with Crippen molar-refractivity contribution >= 4 is 22.5 Å². The minimum absolute atomic E-state index is 0.195. The molecule has 3 heterocycles. The maximum atomic E-state index is 12.8. The lowest BCUT2D eigenvalue weighted by Crippen LogP contribution is -2.56. The molecule has 2 aliphatic heterocycles. The van der Waals surface area contributed by atoms with Gasteiger partial charge in [-0.2, -0.15) is 0 Å². The number of aryl methyl sites for hydroxylation is 1. The Balaban J connectivity index is 1.18. The van der Waals surface area contributed by atoms with Gasteiger partial charge in [0.05, 0.1) is 6.67 Å². The van der Waals surface area contributed by atoms with Crippen molar-refractivity contribution in [2.75, 3.05) is 31.2 Å². The summed E-state index contributed by atoms with van der Waals surface area (Å²) in [6.45, 7) is 3.67. The molecule has 0 bridgehead atoms. The number of benzene rings is 2. The van der Waals surface area contributed by atoms with E-state index in [1.165, 1.54) is 16.5 Å². The van der Waals surface area contributed by atoms with Gasteiger partial charge in [0, 0.05) is 30.5 Å². The van der Waals surface area contributed by atoms with Crippen molar-refractivity contribution in [3.63, 3.8) is 0 Å². The summed E-state index contributed by atoms with van der Waals surface area (Å²) in [5.74, 6) is 0.195. The predicted molar refractivity (Wildman–Crippen MR) is 117 cm³/mol. The summed E-state index contributed by atoms with van der Waals surface area (Å²) in [6, 6.07) is 19.2. The van der Waals surface area contributed by atoms with E-state index in [1.54, 1.807) is 0 Å². The van der Waals surface area contributed by atoms with Crippen LogP contribution in [-0.4, -0.2) is 47.6 Å². The number of amides is 1. The fourth-order valence-corrected chi connectivity index (χ4v) is 4.94. The van der Waals surface area contributed by atoms with Crippen molar-refractivity contribution in [3.8, 4) is 0 Å². The normalized spacial score (nSPS) is 19.2. The molecule has 2 N–H and O–H groups in total. The highest BCUT2D eigenvalue weighted by Gasteiger charge is 2.50. The standard InChI is InChI=1S/C24H28N4O/c29-23-24(28(18-26-23)21-6-2-1-3-7-21)11-15-27(16-12-24)14-4-5-19-8-9-22-20(17-19)10-13-25-22/h1-3,6-10,13,17,25H,4-5,11-12,14-16,18H2,(H,26,29). The van der Waals surface area contributed by atoms with E-state index in [4.69, 9.17) is 0 Å². The summed E-state index contributed by atoms with van der Waals surface area (Å²) in [5, 5.41) is 4.37. The first-order valence-corrected chi connectivity index (χ1v) is 10.6. The molecule has 5 nitrogen and oxygen atoms in total. The van der Waals surface area contributed by atoms with Gasteiger partial charge >= 0.3 is 0 Å². The second-order valence-corrected chi connectivity index (χ2v) is 8.30. The molecule has 0 saturated carbocycles. The van der Waals surface area contributed by atoms with Crippen molar-refractivity contribution < 1.29 is 4.79 Å². The molecule has 1 aromatic heterocycles. The molecule has 0 atom stereocenters. The summed E-state index contributed by atoms with van der Waals surface area (Å²) in [5.41, 5.74) is 3.36. The van der Waals surface area contributed by atoms with Gasteiger partial charge < -0.3 is 20.1 Å². The largest absolute Gasteiger partial charge is 0.361 e. The van der Waals surface area contributed by atoms with Crippen molar-refractivity contribution in [3.05, 3.63) is 66.4 Å². The third-order valence-electron chi connectivity index (χ3n) is 6.65. The van der Waals surface area contributed by atoms with Crippen LogP contribution in [0.4, 0.5) is 5.69 Å². The molecule has 150 valence electrons. The van der Waals surface area contributed by atoms with Gasteiger partial charge in [-0.05, 0) is 73.5 Å². The van der Waals surface area contributed by atoms with Crippen LogP contribution in [0.1, 0.15) is 24.8 Å². The molecule has 5 heteroatoms. The van der Waals surface area contributed by atoms with Crippen LogP contribution in [0, 0.1) is 0 Å². The Bertz CT molecular complexity index is 988. The Kier molecular flexibility index (Phi) is 4.76. The van der Waals surface area contributed by atoms with Crippen LogP contribution in [0.25, 0.3) is 10.9 Å². The van der Waals surface area contributed by atoms with Gasteiger partial charge in [-0.3, -0.25) is 4.79 Å². The molecule has 3 aromatic rings. The van der Waals surface area contributed by atoms with Crippen molar-refractivity contribution in [1.82, 2.24) is 15.2 Å². The first-order valence-electron chi connectivity index (χ1n) is 10.6. The highest BCUT2D eigenvalue weighted by atomic mass is 16.2. The van der Waals surface area contributed by atoms with E-state index in [9.17, 15) is 4.79 Å². The summed E-state index contributed by atoms with van der Waals surface area (Å²) in [4.78, 5) is 20.8. The third kappa shape index (κ3) is 3.40. The Morgan fingerprint density at radius 1 is 1.00 bits per heavy atom. The van der Waals surface area contributed by atoms with Crippen LogP contribution >= 0.6 is 0 Å². The topological polar surface area (TPSA) is 51.4 Å².